The second-order valence-corrected chi connectivity index (χ2v) is 13.7. The van der Waals surface area contributed by atoms with Gasteiger partial charge in [0.2, 0.25) is 0 Å². The Hall–Kier alpha value is -6.30. The quantitative estimate of drug-likeness (QED) is 0.180. The summed E-state index contributed by atoms with van der Waals surface area (Å²) in [7, 11) is 0. The first kappa shape index (κ1) is 26.7. The summed E-state index contributed by atoms with van der Waals surface area (Å²) in [4.78, 5) is 19.2. The molecule has 0 amide bonds. The molecule has 4 heterocycles. The topological polar surface area (TPSA) is 39.3 Å². The molecule has 0 saturated heterocycles. The standard InChI is InChI=1S/C44H25N3OS/c48-44-34-17-5-4-16-29(34)39-30(24-25-35-40(39)47(44)43(45-35)26-12-2-1-3-13-26)31-18-10-19-32-33-20-11-23-38(42(33)49-41(31)32)46-36-21-8-6-14-27(36)28-15-7-9-22-37(28)46/h1-25H. The van der Waals surface area contributed by atoms with E-state index in [1.807, 2.05) is 64.3 Å². The third kappa shape index (κ3) is 3.57. The van der Waals surface area contributed by atoms with Crippen LogP contribution in [0, 0.1) is 0 Å². The van der Waals surface area contributed by atoms with Gasteiger partial charge in [-0.1, -0.05) is 121 Å². The van der Waals surface area contributed by atoms with Crippen LogP contribution in [-0.2, 0) is 0 Å². The maximum absolute atomic E-state index is 14.2. The van der Waals surface area contributed by atoms with Crippen LogP contribution in [0.25, 0.3) is 97.4 Å². The fourth-order valence-electron chi connectivity index (χ4n) is 8.03. The third-order valence-electron chi connectivity index (χ3n) is 10.1. The maximum atomic E-state index is 14.2. The van der Waals surface area contributed by atoms with Crippen LogP contribution in [0.3, 0.4) is 0 Å². The van der Waals surface area contributed by atoms with Crippen LogP contribution in [0.4, 0.5) is 0 Å². The van der Waals surface area contributed by atoms with Crippen LogP contribution >= 0.6 is 11.3 Å². The Morgan fingerprint density at radius 1 is 0.490 bits per heavy atom. The maximum Gasteiger partial charge on any atom is 0.264 e. The SMILES string of the molecule is O=c1c2ccccc2c2c(-c3cccc4c3sc3c(-n5c6ccccc6c6ccccc65)cccc34)ccc3nc(-c4ccccc4)n1c32. The molecule has 4 nitrogen and oxygen atoms in total. The molecule has 0 unspecified atom stereocenters. The van der Waals surface area contributed by atoms with E-state index >= 15 is 0 Å². The van der Waals surface area contributed by atoms with Crippen molar-refractivity contribution in [1.82, 2.24) is 14.0 Å². The van der Waals surface area contributed by atoms with Gasteiger partial charge in [-0.05, 0) is 41.3 Å². The first-order chi connectivity index (χ1) is 24.3. The van der Waals surface area contributed by atoms with E-state index in [0.717, 1.165) is 38.5 Å². The predicted octanol–water partition coefficient (Wildman–Crippen LogP) is 11.2. The predicted molar refractivity (Wildman–Crippen MR) is 206 cm³/mol. The van der Waals surface area contributed by atoms with Gasteiger partial charge in [-0.2, -0.15) is 0 Å². The van der Waals surface area contributed by atoms with E-state index in [4.69, 9.17) is 4.98 Å². The van der Waals surface area contributed by atoms with Crippen molar-refractivity contribution in [3.63, 3.8) is 0 Å². The molecule has 0 aliphatic heterocycles. The lowest BCUT2D eigenvalue weighted by Crippen LogP contribution is -2.14. The lowest BCUT2D eigenvalue weighted by molar-refractivity contribution is 1.13. The summed E-state index contributed by atoms with van der Waals surface area (Å²) in [5.41, 5.74) is 8.40. The van der Waals surface area contributed by atoms with Gasteiger partial charge >= 0.3 is 0 Å². The third-order valence-corrected chi connectivity index (χ3v) is 11.4. The van der Waals surface area contributed by atoms with Crippen molar-refractivity contribution in [2.75, 3.05) is 0 Å². The molecule has 0 fully saturated rings. The highest BCUT2D eigenvalue weighted by molar-refractivity contribution is 7.26. The number of thiophene rings is 1. The molecular weight excluding hydrogens is 619 g/mol. The molecule has 11 rings (SSSR count). The minimum absolute atomic E-state index is 0.0440. The van der Waals surface area contributed by atoms with Gasteiger partial charge in [-0.15, -0.1) is 11.3 Å². The minimum Gasteiger partial charge on any atom is -0.308 e. The van der Waals surface area contributed by atoms with Crippen LogP contribution in [0.2, 0.25) is 0 Å². The summed E-state index contributed by atoms with van der Waals surface area (Å²) in [5, 5.41) is 7.66. The normalized spacial score (nSPS) is 12.2. The van der Waals surface area contributed by atoms with E-state index in [2.05, 4.69) is 108 Å². The first-order valence-corrected chi connectivity index (χ1v) is 17.3. The molecule has 5 heteroatoms. The van der Waals surface area contributed by atoms with E-state index in [1.54, 1.807) is 0 Å². The first-order valence-electron chi connectivity index (χ1n) is 16.4. The number of fused-ring (bicyclic) bond motifs is 8. The molecule has 228 valence electrons. The van der Waals surface area contributed by atoms with E-state index in [0.29, 0.717) is 11.2 Å². The van der Waals surface area contributed by atoms with Crippen molar-refractivity contribution in [3.05, 3.63) is 162 Å². The van der Waals surface area contributed by atoms with E-state index in [-0.39, 0.29) is 5.56 Å². The zero-order valence-corrected chi connectivity index (χ0v) is 26.9. The Morgan fingerprint density at radius 2 is 1.10 bits per heavy atom. The minimum atomic E-state index is -0.0440. The number of benzene rings is 7. The largest absolute Gasteiger partial charge is 0.308 e. The second-order valence-electron chi connectivity index (χ2n) is 12.7. The Morgan fingerprint density at radius 3 is 1.86 bits per heavy atom. The van der Waals surface area contributed by atoms with E-state index in [9.17, 15) is 4.79 Å². The van der Waals surface area contributed by atoms with Gasteiger partial charge in [0, 0.05) is 48.1 Å². The van der Waals surface area contributed by atoms with Crippen LogP contribution in [0.1, 0.15) is 0 Å². The Kier molecular flexibility index (Phi) is 5.38. The van der Waals surface area contributed by atoms with Crippen molar-refractivity contribution >= 4 is 80.5 Å². The number of aromatic nitrogens is 3. The highest BCUT2D eigenvalue weighted by atomic mass is 32.1. The van der Waals surface area contributed by atoms with Gasteiger partial charge in [-0.25, -0.2) is 4.98 Å². The summed E-state index contributed by atoms with van der Waals surface area (Å²) in [5.74, 6) is 0.671. The Labute approximate surface area is 283 Å². The van der Waals surface area contributed by atoms with Crippen LogP contribution in [0.5, 0.6) is 0 Å². The average Bonchev–Trinajstić information content (AvgIpc) is 3.85. The highest BCUT2D eigenvalue weighted by Crippen LogP contribution is 2.46. The lowest BCUT2D eigenvalue weighted by atomic mass is 9.95. The molecule has 0 bridgehead atoms. The molecule has 7 aromatic carbocycles. The zero-order valence-electron chi connectivity index (χ0n) is 26.1. The number of nitrogens with zero attached hydrogens (tertiary/aromatic N) is 3. The van der Waals surface area contributed by atoms with Gasteiger partial charge in [0.25, 0.3) is 5.56 Å². The Balaban J connectivity index is 1.25. The monoisotopic (exact) mass is 643 g/mol. The number of hydrogen-bond acceptors (Lipinski definition) is 3. The van der Waals surface area contributed by atoms with Crippen molar-refractivity contribution < 1.29 is 0 Å². The molecule has 0 saturated carbocycles. The Bertz CT molecular complexity index is 3130. The van der Waals surface area contributed by atoms with E-state index in [1.165, 1.54) is 47.7 Å². The molecule has 0 aliphatic rings. The molecule has 0 N–H and O–H groups in total. The number of para-hydroxylation sites is 2. The smallest absolute Gasteiger partial charge is 0.264 e. The second kappa shape index (κ2) is 9.86. The molecule has 0 spiro atoms. The molecule has 11 aromatic rings. The van der Waals surface area contributed by atoms with Crippen molar-refractivity contribution in [1.29, 1.82) is 0 Å². The van der Waals surface area contributed by atoms with Gasteiger partial charge in [-0.3, -0.25) is 9.20 Å². The summed E-state index contributed by atoms with van der Waals surface area (Å²) < 4.78 is 6.73. The molecule has 0 aliphatic carbocycles. The molecular formula is C44H25N3OS. The average molecular weight is 644 g/mol. The lowest BCUT2D eigenvalue weighted by Gasteiger charge is -2.12. The fraction of sp³-hybridized carbons (Fsp3) is 0. The number of hydrogen-bond donors (Lipinski definition) is 0. The number of imidazole rings is 1. The van der Waals surface area contributed by atoms with Crippen LogP contribution in [-0.4, -0.2) is 14.0 Å². The van der Waals surface area contributed by atoms with Gasteiger partial charge in [0.15, 0.2) is 0 Å². The van der Waals surface area contributed by atoms with Gasteiger partial charge in [0.05, 0.1) is 32.5 Å². The fourth-order valence-corrected chi connectivity index (χ4v) is 9.36. The number of rotatable bonds is 3. The van der Waals surface area contributed by atoms with Gasteiger partial charge < -0.3 is 4.57 Å². The van der Waals surface area contributed by atoms with Crippen molar-refractivity contribution in [3.8, 4) is 28.2 Å². The van der Waals surface area contributed by atoms with E-state index < -0.39 is 0 Å². The number of pyridine rings is 1. The van der Waals surface area contributed by atoms with Crippen molar-refractivity contribution in [2.45, 2.75) is 0 Å². The summed E-state index contributed by atoms with van der Waals surface area (Å²) in [6, 6.07) is 53.0. The van der Waals surface area contributed by atoms with Crippen molar-refractivity contribution in [2.24, 2.45) is 0 Å². The van der Waals surface area contributed by atoms with Gasteiger partial charge in [0.1, 0.15) is 5.82 Å². The molecule has 0 atom stereocenters. The summed E-state index contributed by atoms with van der Waals surface area (Å²) in [6.07, 6.45) is 0. The molecule has 49 heavy (non-hydrogen) atoms. The highest BCUT2D eigenvalue weighted by Gasteiger charge is 2.23. The summed E-state index contributed by atoms with van der Waals surface area (Å²) >= 11 is 1.85. The molecule has 4 aromatic heterocycles. The summed E-state index contributed by atoms with van der Waals surface area (Å²) in [6.45, 7) is 0. The molecule has 0 radical (unpaired) electrons. The van der Waals surface area contributed by atoms with Crippen LogP contribution in [0.15, 0.2) is 156 Å². The van der Waals surface area contributed by atoms with Crippen LogP contribution < -0.4 is 5.56 Å². The zero-order chi connectivity index (χ0) is 32.2.